The summed E-state index contributed by atoms with van der Waals surface area (Å²) in [7, 11) is -0.654. The van der Waals surface area contributed by atoms with Gasteiger partial charge in [0.15, 0.2) is 0 Å². The maximum Gasteiger partial charge on any atom is 0.267 e. The molecular weight excluding hydrogens is 372 g/mol. The van der Waals surface area contributed by atoms with Gasteiger partial charge in [0.25, 0.3) is 5.91 Å². The Kier molecular flexibility index (Phi) is 6.59. The van der Waals surface area contributed by atoms with Crippen molar-refractivity contribution in [3.63, 3.8) is 0 Å². The Balaban J connectivity index is 1.99. The molecule has 1 heterocycles. The number of nitrogens with zero attached hydrogens (tertiary/aromatic N) is 1. The Labute approximate surface area is 157 Å². The number of sulfonamides is 1. The summed E-state index contributed by atoms with van der Waals surface area (Å²) in [6.07, 6.45) is 1.74. The summed E-state index contributed by atoms with van der Waals surface area (Å²) < 4.78 is 34.0. The first-order valence-corrected chi connectivity index (χ1v) is 9.57. The fourth-order valence-corrected chi connectivity index (χ4v) is 3.43. The number of aromatic nitrogens is 1. The van der Waals surface area contributed by atoms with Crippen LogP contribution in [-0.4, -0.2) is 45.0 Å². The van der Waals surface area contributed by atoms with Gasteiger partial charge < -0.3 is 19.9 Å². The van der Waals surface area contributed by atoms with E-state index < -0.39 is 10.0 Å². The van der Waals surface area contributed by atoms with E-state index in [2.05, 4.69) is 15.4 Å². The SMILES string of the molecule is COc1ccc(S(=O)(=O)NCCNC(=O)c2cccn2C)cc1NC(C)=O. The minimum atomic E-state index is -3.82. The lowest BCUT2D eigenvalue weighted by molar-refractivity contribution is -0.114. The van der Waals surface area contributed by atoms with Crippen molar-refractivity contribution in [2.45, 2.75) is 11.8 Å². The van der Waals surface area contributed by atoms with Gasteiger partial charge in [0.05, 0.1) is 17.7 Å². The van der Waals surface area contributed by atoms with Gasteiger partial charge in [0, 0.05) is 33.3 Å². The van der Waals surface area contributed by atoms with E-state index >= 15 is 0 Å². The van der Waals surface area contributed by atoms with Crippen LogP contribution in [0.5, 0.6) is 5.75 Å². The lowest BCUT2D eigenvalue weighted by Gasteiger charge is -2.12. The molecule has 9 nitrogen and oxygen atoms in total. The molecule has 3 N–H and O–H groups in total. The van der Waals surface area contributed by atoms with Gasteiger partial charge in [-0.2, -0.15) is 0 Å². The second kappa shape index (κ2) is 8.69. The van der Waals surface area contributed by atoms with Gasteiger partial charge in [-0.15, -0.1) is 0 Å². The van der Waals surface area contributed by atoms with Gasteiger partial charge in [-0.3, -0.25) is 9.59 Å². The number of ether oxygens (including phenoxy) is 1. The van der Waals surface area contributed by atoms with Crippen molar-refractivity contribution in [2.75, 3.05) is 25.5 Å². The van der Waals surface area contributed by atoms with E-state index in [1.165, 1.54) is 32.2 Å². The van der Waals surface area contributed by atoms with Gasteiger partial charge in [0.2, 0.25) is 15.9 Å². The number of aryl methyl sites for hydroxylation is 1. The van der Waals surface area contributed by atoms with Crippen LogP contribution in [0.25, 0.3) is 0 Å². The summed E-state index contributed by atoms with van der Waals surface area (Å²) in [6.45, 7) is 1.45. The molecule has 146 valence electrons. The lowest BCUT2D eigenvalue weighted by atomic mass is 10.3. The number of methoxy groups -OCH3 is 1. The lowest BCUT2D eigenvalue weighted by Crippen LogP contribution is -2.35. The monoisotopic (exact) mass is 394 g/mol. The van der Waals surface area contributed by atoms with E-state index in [9.17, 15) is 18.0 Å². The van der Waals surface area contributed by atoms with Crippen molar-refractivity contribution < 1.29 is 22.7 Å². The summed E-state index contributed by atoms with van der Waals surface area (Å²) in [5.41, 5.74) is 0.734. The largest absolute Gasteiger partial charge is 0.495 e. The summed E-state index contributed by atoms with van der Waals surface area (Å²) >= 11 is 0. The molecule has 0 spiro atoms. The topological polar surface area (TPSA) is 119 Å². The van der Waals surface area contributed by atoms with Gasteiger partial charge in [0.1, 0.15) is 11.4 Å². The molecule has 1 aromatic heterocycles. The van der Waals surface area contributed by atoms with Crippen LogP contribution >= 0.6 is 0 Å². The predicted molar refractivity (Wildman–Crippen MR) is 100 cm³/mol. The number of carbonyl (C=O) groups excluding carboxylic acids is 2. The molecular formula is C17H22N4O5S. The van der Waals surface area contributed by atoms with Gasteiger partial charge >= 0.3 is 0 Å². The predicted octanol–water partition coefficient (Wildman–Crippen LogP) is 0.700. The Morgan fingerprint density at radius 3 is 2.52 bits per heavy atom. The van der Waals surface area contributed by atoms with E-state index in [0.29, 0.717) is 11.4 Å². The van der Waals surface area contributed by atoms with E-state index in [0.717, 1.165) is 0 Å². The second-order valence-electron chi connectivity index (χ2n) is 5.70. The number of hydrogen-bond donors (Lipinski definition) is 3. The number of benzene rings is 1. The summed E-state index contributed by atoms with van der Waals surface area (Å²) in [5.74, 6) is -0.294. The zero-order valence-electron chi connectivity index (χ0n) is 15.3. The van der Waals surface area contributed by atoms with Crippen LogP contribution in [-0.2, 0) is 21.9 Å². The third kappa shape index (κ3) is 5.31. The highest BCUT2D eigenvalue weighted by atomic mass is 32.2. The number of amides is 2. The van der Waals surface area contributed by atoms with Crippen molar-refractivity contribution >= 4 is 27.5 Å². The molecule has 27 heavy (non-hydrogen) atoms. The fraction of sp³-hybridized carbons (Fsp3) is 0.294. The summed E-state index contributed by atoms with van der Waals surface area (Å²) in [6, 6.07) is 7.55. The third-order valence-electron chi connectivity index (χ3n) is 3.67. The number of carbonyl (C=O) groups is 2. The van der Waals surface area contributed by atoms with Crippen molar-refractivity contribution in [1.29, 1.82) is 0 Å². The van der Waals surface area contributed by atoms with Crippen molar-refractivity contribution in [3.8, 4) is 5.75 Å². The van der Waals surface area contributed by atoms with E-state index in [-0.39, 0.29) is 35.5 Å². The van der Waals surface area contributed by atoms with Crippen LogP contribution in [0.3, 0.4) is 0 Å². The Morgan fingerprint density at radius 2 is 1.93 bits per heavy atom. The van der Waals surface area contributed by atoms with Crippen molar-refractivity contribution in [3.05, 3.63) is 42.2 Å². The minimum absolute atomic E-state index is 0.0139. The molecule has 0 bridgehead atoms. The minimum Gasteiger partial charge on any atom is -0.495 e. The van der Waals surface area contributed by atoms with Gasteiger partial charge in [-0.1, -0.05) is 0 Å². The Morgan fingerprint density at radius 1 is 1.19 bits per heavy atom. The number of anilines is 1. The highest BCUT2D eigenvalue weighted by molar-refractivity contribution is 7.89. The molecule has 0 unspecified atom stereocenters. The molecule has 1 aromatic carbocycles. The van der Waals surface area contributed by atoms with Crippen LogP contribution in [0.1, 0.15) is 17.4 Å². The van der Waals surface area contributed by atoms with Crippen molar-refractivity contribution in [1.82, 2.24) is 14.6 Å². The molecule has 0 aliphatic rings. The molecule has 0 atom stereocenters. The standard InChI is InChI=1S/C17H22N4O5S/c1-12(22)20-14-11-13(6-7-16(14)26-3)27(24,25)19-9-8-18-17(23)15-5-4-10-21(15)2/h4-7,10-11,19H,8-9H2,1-3H3,(H,18,23)(H,20,22). The Hall–Kier alpha value is -2.85. The van der Waals surface area contributed by atoms with Crippen LogP contribution in [0.2, 0.25) is 0 Å². The normalized spacial score (nSPS) is 11.1. The highest BCUT2D eigenvalue weighted by Crippen LogP contribution is 2.27. The first-order chi connectivity index (χ1) is 12.7. The average Bonchev–Trinajstić information content (AvgIpc) is 3.04. The zero-order chi connectivity index (χ0) is 20.0. The van der Waals surface area contributed by atoms with Crippen LogP contribution < -0.4 is 20.1 Å². The van der Waals surface area contributed by atoms with E-state index in [1.54, 1.807) is 29.9 Å². The Bertz CT molecular complexity index is 937. The number of rotatable bonds is 8. The third-order valence-corrected chi connectivity index (χ3v) is 5.13. The fourth-order valence-electron chi connectivity index (χ4n) is 2.37. The van der Waals surface area contributed by atoms with Gasteiger partial charge in [-0.05, 0) is 30.3 Å². The number of hydrogen-bond acceptors (Lipinski definition) is 5. The maximum absolute atomic E-state index is 12.4. The van der Waals surface area contributed by atoms with E-state index in [1.807, 2.05) is 0 Å². The molecule has 0 radical (unpaired) electrons. The quantitative estimate of drug-likeness (QED) is 0.570. The van der Waals surface area contributed by atoms with Crippen LogP contribution in [0.15, 0.2) is 41.4 Å². The molecule has 2 aromatic rings. The van der Waals surface area contributed by atoms with Crippen molar-refractivity contribution in [2.24, 2.45) is 7.05 Å². The second-order valence-corrected chi connectivity index (χ2v) is 7.47. The summed E-state index contributed by atoms with van der Waals surface area (Å²) in [5, 5.41) is 5.17. The van der Waals surface area contributed by atoms with Gasteiger partial charge in [-0.25, -0.2) is 13.1 Å². The van der Waals surface area contributed by atoms with E-state index in [4.69, 9.17) is 4.74 Å². The summed E-state index contributed by atoms with van der Waals surface area (Å²) in [4.78, 5) is 23.2. The molecule has 0 fully saturated rings. The smallest absolute Gasteiger partial charge is 0.267 e. The first kappa shape index (κ1) is 20.5. The zero-order valence-corrected chi connectivity index (χ0v) is 16.1. The van der Waals surface area contributed by atoms with Crippen LogP contribution in [0.4, 0.5) is 5.69 Å². The molecule has 2 amide bonds. The molecule has 0 aliphatic carbocycles. The molecule has 2 rings (SSSR count). The number of nitrogens with one attached hydrogen (secondary N) is 3. The first-order valence-electron chi connectivity index (χ1n) is 8.09. The van der Waals surface area contributed by atoms with Crippen LogP contribution in [0, 0.1) is 0 Å². The molecule has 10 heteroatoms. The average molecular weight is 394 g/mol. The molecule has 0 aliphatic heterocycles. The molecule has 0 saturated heterocycles. The highest BCUT2D eigenvalue weighted by Gasteiger charge is 2.17. The maximum atomic E-state index is 12.4. The molecule has 0 saturated carbocycles.